The number of piperidine rings is 1. The maximum absolute atomic E-state index is 13.8. The monoisotopic (exact) mass is 356 g/mol. The molecule has 7 heteroatoms. The van der Waals surface area contributed by atoms with Gasteiger partial charge in [0, 0.05) is 37.8 Å². The summed E-state index contributed by atoms with van der Waals surface area (Å²) < 4.78 is 45.5. The van der Waals surface area contributed by atoms with E-state index in [4.69, 9.17) is 4.74 Å². The zero-order valence-electron chi connectivity index (χ0n) is 14.0. The Kier molecular flexibility index (Phi) is 5.24. The molecule has 24 heavy (non-hydrogen) atoms. The highest BCUT2D eigenvalue weighted by molar-refractivity contribution is 7.88. The van der Waals surface area contributed by atoms with Gasteiger partial charge >= 0.3 is 0 Å². The predicted octanol–water partition coefficient (Wildman–Crippen LogP) is 1.89. The van der Waals surface area contributed by atoms with E-state index in [-0.39, 0.29) is 17.5 Å². The van der Waals surface area contributed by atoms with Gasteiger partial charge in [0.05, 0.1) is 11.9 Å². The van der Waals surface area contributed by atoms with Gasteiger partial charge < -0.3 is 4.74 Å². The molecule has 1 N–H and O–H groups in total. The zero-order valence-corrected chi connectivity index (χ0v) is 14.8. The van der Waals surface area contributed by atoms with Crippen LogP contribution in [0, 0.1) is 5.82 Å². The van der Waals surface area contributed by atoms with Crippen LogP contribution in [0.3, 0.4) is 0 Å². The van der Waals surface area contributed by atoms with Crippen LogP contribution in [0.25, 0.3) is 0 Å². The average Bonchev–Trinajstić information content (AvgIpc) is 2.50. The number of benzene rings is 1. The molecule has 2 aliphatic rings. The molecule has 1 aromatic carbocycles. The fourth-order valence-corrected chi connectivity index (χ4v) is 4.57. The van der Waals surface area contributed by atoms with Crippen LogP contribution in [-0.2, 0) is 21.3 Å². The van der Waals surface area contributed by atoms with Crippen molar-refractivity contribution in [1.82, 2.24) is 9.62 Å². The molecule has 2 aliphatic heterocycles. The van der Waals surface area contributed by atoms with Crippen LogP contribution in [-0.4, -0.2) is 50.9 Å². The number of halogens is 1. The second-order valence-corrected chi connectivity index (χ2v) is 8.76. The largest absolute Gasteiger partial charge is 0.375 e. The van der Waals surface area contributed by atoms with E-state index in [1.165, 1.54) is 12.3 Å². The molecule has 0 radical (unpaired) electrons. The number of rotatable bonds is 4. The quantitative estimate of drug-likeness (QED) is 0.895. The fourth-order valence-electron chi connectivity index (χ4n) is 3.77. The van der Waals surface area contributed by atoms with Crippen LogP contribution in [0.2, 0.25) is 0 Å². The van der Waals surface area contributed by atoms with Gasteiger partial charge in [0.2, 0.25) is 10.0 Å². The second-order valence-electron chi connectivity index (χ2n) is 6.98. The summed E-state index contributed by atoms with van der Waals surface area (Å²) in [7, 11) is -3.19. The summed E-state index contributed by atoms with van der Waals surface area (Å²) in [5.41, 5.74) is 0.474. The number of nitrogens with one attached hydrogen (secondary N) is 1. The first-order chi connectivity index (χ1) is 11.4. The van der Waals surface area contributed by atoms with Crippen LogP contribution >= 0.6 is 0 Å². The van der Waals surface area contributed by atoms with E-state index < -0.39 is 10.0 Å². The molecule has 134 valence electrons. The van der Waals surface area contributed by atoms with Crippen molar-refractivity contribution in [2.75, 3.05) is 26.0 Å². The van der Waals surface area contributed by atoms with E-state index in [1.807, 2.05) is 12.1 Å². The summed E-state index contributed by atoms with van der Waals surface area (Å²) in [6, 6.07) is 6.83. The molecule has 1 atom stereocenters. The molecule has 1 spiro atoms. The molecule has 0 amide bonds. The van der Waals surface area contributed by atoms with Crippen LogP contribution < -0.4 is 4.72 Å². The minimum Gasteiger partial charge on any atom is -0.375 e. The Morgan fingerprint density at radius 2 is 2.04 bits per heavy atom. The molecule has 0 aliphatic carbocycles. The molecule has 0 saturated carbocycles. The van der Waals surface area contributed by atoms with E-state index in [2.05, 4.69) is 9.62 Å². The smallest absolute Gasteiger partial charge is 0.208 e. The molecule has 0 unspecified atom stereocenters. The molecular formula is C17H25FN2O3S. The highest BCUT2D eigenvalue weighted by Gasteiger charge is 2.40. The third-order valence-electron chi connectivity index (χ3n) is 4.99. The van der Waals surface area contributed by atoms with Crippen molar-refractivity contribution >= 4 is 10.0 Å². The highest BCUT2D eigenvalue weighted by atomic mass is 32.2. The predicted molar refractivity (Wildman–Crippen MR) is 90.6 cm³/mol. The Morgan fingerprint density at radius 1 is 1.33 bits per heavy atom. The van der Waals surface area contributed by atoms with Gasteiger partial charge in [0.1, 0.15) is 5.82 Å². The maximum Gasteiger partial charge on any atom is 0.208 e. The maximum atomic E-state index is 13.8. The van der Waals surface area contributed by atoms with E-state index in [0.717, 1.165) is 31.5 Å². The standard InChI is InChI=1S/C17H25FN2O3S/c1-24(21,22)19-15-6-11-23-17(12-15)7-9-20(10-8-17)13-14-4-2-3-5-16(14)18/h2-5,15,19H,6-13H2,1H3/t15-/m0/s1. The van der Waals surface area contributed by atoms with E-state index >= 15 is 0 Å². The first-order valence-electron chi connectivity index (χ1n) is 8.42. The lowest BCUT2D eigenvalue weighted by Crippen LogP contribution is -2.53. The van der Waals surface area contributed by atoms with Crippen LogP contribution in [0.5, 0.6) is 0 Å². The third kappa shape index (κ3) is 4.53. The molecule has 0 bridgehead atoms. The Balaban J connectivity index is 1.57. The molecule has 2 saturated heterocycles. The summed E-state index contributed by atoms with van der Waals surface area (Å²) in [6.07, 6.45) is 4.33. The number of sulfonamides is 1. The highest BCUT2D eigenvalue weighted by Crippen LogP contribution is 2.35. The van der Waals surface area contributed by atoms with Crippen LogP contribution in [0.1, 0.15) is 31.2 Å². The van der Waals surface area contributed by atoms with Crippen molar-refractivity contribution in [2.45, 2.75) is 43.9 Å². The summed E-state index contributed by atoms with van der Waals surface area (Å²) in [6.45, 7) is 2.86. The molecule has 1 aromatic rings. The van der Waals surface area contributed by atoms with E-state index in [9.17, 15) is 12.8 Å². The Morgan fingerprint density at radius 3 is 2.71 bits per heavy atom. The number of nitrogens with zero attached hydrogens (tertiary/aromatic N) is 1. The SMILES string of the molecule is CS(=O)(=O)N[C@H]1CCOC2(CCN(Cc3ccccc3F)CC2)C1. The topological polar surface area (TPSA) is 58.6 Å². The summed E-state index contributed by atoms with van der Waals surface area (Å²) in [5, 5.41) is 0. The number of ether oxygens (including phenoxy) is 1. The molecule has 2 heterocycles. The van der Waals surface area contributed by atoms with Crippen molar-refractivity contribution < 1.29 is 17.5 Å². The van der Waals surface area contributed by atoms with Crippen LogP contribution in [0.15, 0.2) is 24.3 Å². The van der Waals surface area contributed by atoms with E-state index in [0.29, 0.717) is 26.0 Å². The number of hydrogen-bond acceptors (Lipinski definition) is 4. The lowest BCUT2D eigenvalue weighted by atomic mass is 9.82. The first-order valence-corrected chi connectivity index (χ1v) is 10.3. The Bertz CT molecular complexity index is 672. The lowest BCUT2D eigenvalue weighted by Gasteiger charge is -2.46. The minimum absolute atomic E-state index is 0.0492. The van der Waals surface area contributed by atoms with Gasteiger partial charge in [0.15, 0.2) is 0 Å². The van der Waals surface area contributed by atoms with Crippen molar-refractivity contribution in [3.63, 3.8) is 0 Å². The second kappa shape index (κ2) is 7.07. The van der Waals surface area contributed by atoms with Crippen molar-refractivity contribution in [3.8, 4) is 0 Å². The Hall–Kier alpha value is -1.02. The normalized spacial score (nSPS) is 25.0. The van der Waals surface area contributed by atoms with Crippen molar-refractivity contribution in [2.24, 2.45) is 0 Å². The van der Waals surface area contributed by atoms with Gasteiger partial charge in [0.25, 0.3) is 0 Å². The van der Waals surface area contributed by atoms with E-state index in [1.54, 1.807) is 6.07 Å². The number of hydrogen-bond donors (Lipinski definition) is 1. The summed E-state index contributed by atoms with van der Waals surface area (Å²) in [5.74, 6) is -0.163. The molecule has 3 rings (SSSR count). The van der Waals surface area contributed by atoms with Gasteiger partial charge in [-0.05, 0) is 31.7 Å². The molecular weight excluding hydrogens is 331 g/mol. The summed E-state index contributed by atoms with van der Waals surface area (Å²) >= 11 is 0. The minimum atomic E-state index is -3.19. The van der Waals surface area contributed by atoms with Gasteiger partial charge in [-0.1, -0.05) is 18.2 Å². The van der Waals surface area contributed by atoms with Gasteiger partial charge in [-0.3, -0.25) is 4.90 Å². The zero-order chi connectivity index (χ0) is 17.2. The fraction of sp³-hybridized carbons (Fsp3) is 0.647. The summed E-state index contributed by atoms with van der Waals surface area (Å²) in [4.78, 5) is 2.24. The molecule has 0 aromatic heterocycles. The van der Waals surface area contributed by atoms with Gasteiger partial charge in [-0.25, -0.2) is 17.5 Å². The van der Waals surface area contributed by atoms with Gasteiger partial charge in [-0.15, -0.1) is 0 Å². The van der Waals surface area contributed by atoms with Crippen molar-refractivity contribution in [1.29, 1.82) is 0 Å². The number of likely N-dealkylation sites (tertiary alicyclic amines) is 1. The lowest BCUT2D eigenvalue weighted by molar-refractivity contribution is -0.118. The third-order valence-corrected chi connectivity index (χ3v) is 5.75. The van der Waals surface area contributed by atoms with Crippen molar-refractivity contribution in [3.05, 3.63) is 35.6 Å². The molecule has 5 nitrogen and oxygen atoms in total. The average molecular weight is 356 g/mol. The van der Waals surface area contributed by atoms with Gasteiger partial charge in [-0.2, -0.15) is 0 Å². The van der Waals surface area contributed by atoms with Crippen LogP contribution in [0.4, 0.5) is 4.39 Å². The Labute approximate surface area is 143 Å². The first kappa shape index (κ1) is 17.8. The molecule has 2 fully saturated rings.